The molecule has 3 amide bonds. The topological polar surface area (TPSA) is 103 Å². The lowest BCUT2D eigenvalue weighted by molar-refractivity contribution is -0.130. The number of aromatic amines is 1. The van der Waals surface area contributed by atoms with Crippen molar-refractivity contribution in [3.63, 3.8) is 0 Å². The SMILES string of the molecule is CC(=O)N1CCC[C@H](NC(=O)Nc2cnc3[nH]ccc3n2)C1. The summed E-state index contributed by atoms with van der Waals surface area (Å²) >= 11 is 0. The minimum absolute atomic E-state index is 0.0377. The maximum Gasteiger partial charge on any atom is 0.320 e. The fourth-order valence-electron chi connectivity index (χ4n) is 2.61. The van der Waals surface area contributed by atoms with E-state index in [-0.39, 0.29) is 18.0 Å². The Bertz CT molecular complexity index is 697. The van der Waals surface area contributed by atoms with E-state index in [2.05, 4.69) is 25.6 Å². The minimum atomic E-state index is -0.334. The Labute approximate surface area is 127 Å². The van der Waals surface area contributed by atoms with Crippen LogP contribution in [0.15, 0.2) is 18.5 Å². The lowest BCUT2D eigenvalue weighted by Gasteiger charge is -2.32. The molecule has 1 fully saturated rings. The molecule has 8 nitrogen and oxygen atoms in total. The Kier molecular flexibility index (Phi) is 3.90. The van der Waals surface area contributed by atoms with Crippen LogP contribution in [0.3, 0.4) is 0 Å². The van der Waals surface area contributed by atoms with E-state index in [0.717, 1.165) is 19.4 Å². The van der Waals surface area contributed by atoms with Gasteiger partial charge in [0.1, 0.15) is 5.52 Å². The van der Waals surface area contributed by atoms with Crippen LogP contribution in [-0.2, 0) is 4.79 Å². The highest BCUT2D eigenvalue weighted by atomic mass is 16.2. The number of piperidine rings is 1. The van der Waals surface area contributed by atoms with Gasteiger partial charge in [0.25, 0.3) is 0 Å². The Morgan fingerprint density at radius 3 is 3.14 bits per heavy atom. The zero-order valence-corrected chi connectivity index (χ0v) is 12.3. The molecule has 2 aromatic heterocycles. The van der Waals surface area contributed by atoms with Gasteiger partial charge in [0, 0.05) is 32.3 Å². The van der Waals surface area contributed by atoms with E-state index in [0.29, 0.717) is 23.5 Å². The van der Waals surface area contributed by atoms with E-state index in [1.807, 2.05) is 0 Å². The first-order valence-electron chi connectivity index (χ1n) is 7.25. The molecule has 2 aromatic rings. The van der Waals surface area contributed by atoms with Crippen molar-refractivity contribution in [3.8, 4) is 0 Å². The average molecular weight is 302 g/mol. The van der Waals surface area contributed by atoms with Crippen molar-refractivity contribution in [2.24, 2.45) is 0 Å². The summed E-state index contributed by atoms with van der Waals surface area (Å²) < 4.78 is 0. The number of aromatic nitrogens is 3. The summed E-state index contributed by atoms with van der Waals surface area (Å²) in [5.74, 6) is 0.430. The van der Waals surface area contributed by atoms with Crippen molar-refractivity contribution < 1.29 is 9.59 Å². The van der Waals surface area contributed by atoms with Gasteiger partial charge in [-0.15, -0.1) is 0 Å². The maximum atomic E-state index is 12.0. The van der Waals surface area contributed by atoms with Crippen molar-refractivity contribution in [3.05, 3.63) is 18.5 Å². The highest BCUT2D eigenvalue weighted by Crippen LogP contribution is 2.12. The first-order chi connectivity index (χ1) is 10.6. The number of anilines is 1. The molecular weight excluding hydrogens is 284 g/mol. The van der Waals surface area contributed by atoms with Crippen molar-refractivity contribution in [2.75, 3.05) is 18.4 Å². The van der Waals surface area contributed by atoms with Gasteiger partial charge >= 0.3 is 6.03 Å². The second-order valence-corrected chi connectivity index (χ2v) is 5.37. The number of nitrogens with one attached hydrogen (secondary N) is 3. The van der Waals surface area contributed by atoms with Crippen LogP contribution in [0.1, 0.15) is 19.8 Å². The molecule has 0 bridgehead atoms. The third kappa shape index (κ3) is 3.16. The lowest BCUT2D eigenvalue weighted by Crippen LogP contribution is -2.50. The fraction of sp³-hybridized carbons (Fsp3) is 0.429. The van der Waals surface area contributed by atoms with Crippen molar-refractivity contribution in [1.82, 2.24) is 25.2 Å². The molecule has 1 saturated heterocycles. The normalized spacial score (nSPS) is 18.2. The summed E-state index contributed by atoms with van der Waals surface area (Å²) in [5, 5.41) is 5.55. The molecule has 22 heavy (non-hydrogen) atoms. The van der Waals surface area contributed by atoms with Crippen LogP contribution in [0.25, 0.3) is 11.2 Å². The van der Waals surface area contributed by atoms with Gasteiger partial charge in [-0.25, -0.2) is 14.8 Å². The molecule has 0 radical (unpaired) electrons. The molecule has 3 heterocycles. The summed E-state index contributed by atoms with van der Waals surface area (Å²) in [5.41, 5.74) is 1.37. The van der Waals surface area contributed by atoms with Gasteiger partial charge in [-0.1, -0.05) is 0 Å². The Hall–Kier alpha value is -2.64. The minimum Gasteiger partial charge on any atom is -0.345 e. The van der Waals surface area contributed by atoms with Gasteiger partial charge in [0.05, 0.1) is 6.20 Å². The zero-order chi connectivity index (χ0) is 15.5. The predicted octanol–water partition coefficient (Wildman–Crippen LogP) is 1.09. The molecule has 0 aliphatic carbocycles. The number of nitrogens with zero attached hydrogens (tertiary/aromatic N) is 3. The molecule has 1 aliphatic heterocycles. The first-order valence-corrected chi connectivity index (χ1v) is 7.25. The third-order valence-corrected chi connectivity index (χ3v) is 3.70. The number of rotatable bonds is 2. The number of fused-ring (bicyclic) bond motifs is 1. The summed E-state index contributed by atoms with van der Waals surface area (Å²) in [4.78, 5) is 36.6. The molecule has 3 N–H and O–H groups in total. The monoisotopic (exact) mass is 302 g/mol. The standard InChI is InChI=1S/C14H18N6O2/c1-9(21)20-6-2-3-10(8-20)17-14(22)19-12-7-16-13-11(18-12)4-5-15-13/h4-5,7,10H,2-3,6,8H2,1H3,(H,15,16)(H2,17,18,19,22)/t10-/m0/s1. The van der Waals surface area contributed by atoms with Crippen LogP contribution < -0.4 is 10.6 Å². The van der Waals surface area contributed by atoms with Crippen molar-refractivity contribution >= 4 is 28.9 Å². The Morgan fingerprint density at radius 1 is 1.45 bits per heavy atom. The van der Waals surface area contributed by atoms with Crippen LogP contribution in [-0.4, -0.2) is 50.9 Å². The van der Waals surface area contributed by atoms with Gasteiger partial charge < -0.3 is 15.2 Å². The number of hydrogen-bond donors (Lipinski definition) is 3. The van der Waals surface area contributed by atoms with Crippen LogP contribution >= 0.6 is 0 Å². The maximum absolute atomic E-state index is 12.0. The van der Waals surface area contributed by atoms with Crippen LogP contribution in [0.4, 0.5) is 10.6 Å². The zero-order valence-electron chi connectivity index (χ0n) is 12.3. The first kappa shape index (κ1) is 14.3. The van der Waals surface area contributed by atoms with E-state index in [9.17, 15) is 9.59 Å². The summed E-state index contributed by atoms with van der Waals surface area (Å²) in [6.07, 6.45) is 4.99. The van der Waals surface area contributed by atoms with Crippen molar-refractivity contribution in [2.45, 2.75) is 25.8 Å². The number of urea groups is 1. The Balaban J connectivity index is 1.58. The highest BCUT2D eigenvalue weighted by Gasteiger charge is 2.22. The molecule has 0 unspecified atom stereocenters. The smallest absolute Gasteiger partial charge is 0.320 e. The number of hydrogen-bond acceptors (Lipinski definition) is 4. The summed E-state index contributed by atoms with van der Waals surface area (Å²) in [6.45, 7) is 2.85. The lowest BCUT2D eigenvalue weighted by atomic mass is 10.1. The highest BCUT2D eigenvalue weighted by molar-refractivity contribution is 5.89. The molecule has 116 valence electrons. The number of likely N-dealkylation sites (tertiary alicyclic amines) is 1. The third-order valence-electron chi connectivity index (χ3n) is 3.70. The van der Waals surface area contributed by atoms with Crippen LogP contribution in [0, 0.1) is 0 Å². The van der Waals surface area contributed by atoms with E-state index in [4.69, 9.17) is 0 Å². The number of H-pyrrole nitrogens is 1. The van der Waals surface area contributed by atoms with Crippen molar-refractivity contribution in [1.29, 1.82) is 0 Å². The second kappa shape index (κ2) is 6.00. The van der Waals surface area contributed by atoms with Crippen LogP contribution in [0.2, 0.25) is 0 Å². The van der Waals surface area contributed by atoms with Gasteiger partial charge in [0.15, 0.2) is 11.5 Å². The van der Waals surface area contributed by atoms with Gasteiger partial charge in [0.2, 0.25) is 5.91 Å². The fourth-order valence-corrected chi connectivity index (χ4v) is 2.61. The molecule has 1 aliphatic rings. The Morgan fingerprint density at radius 2 is 2.32 bits per heavy atom. The number of amides is 3. The average Bonchev–Trinajstić information content (AvgIpc) is 2.95. The number of carbonyl (C=O) groups excluding carboxylic acids is 2. The van der Waals surface area contributed by atoms with Gasteiger partial charge in [-0.3, -0.25) is 10.1 Å². The quantitative estimate of drug-likeness (QED) is 0.772. The summed E-state index contributed by atoms with van der Waals surface area (Å²) in [6, 6.07) is 1.42. The predicted molar refractivity (Wildman–Crippen MR) is 81.3 cm³/mol. The molecular formula is C14H18N6O2. The van der Waals surface area contributed by atoms with E-state index < -0.39 is 0 Å². The van der Waals surface area contributed by atoms with E-state index >= 15 is 0 Å². The largest absolute Gasteiger partial charge is 0.345 e. The van der Waals surface area contributed by atoms with Gasteiger partial charge in [-0.2, -0.15) is 0 Å². The van der Waals surface area contributed by atoms with E-state index in [1.54, 1.807) is 24.1 Å². The molecule has 0 saturated carbocycles. The molecule has 1 atom stereocenters. The van der Waals surface area contributed by atoms with Gasteiger partial charge in [-0.05, 0) is 18.9 Å². The molecule has 0 spiro atoms. The molecule has 3 rings (SSSR count). The second-order valence-electron chi connectivity index (χ2n) is 5.37. The van der Waals surface area contributed by atoms with Crippen LogP contribution in [0.5, 0.6) is 0 Å². The number of carbonyl (C=O) groups is 2. The molecule has 8 heteroatoms. The molecule has 0 aromatic carbocycles. The summed E-state index contributed by atoms with van der Waals surface area (Å²) in [7, 11) is 0. The van der Waals surface area contributed by atoms with E-state index in [1.165, 1.54) is 6.20 Å².